The Labute approximate surface area is 132 Å². The third-order valence-electron chi connectivity index (χ3n) is 3.83. The standard InChI is InChI=1S/C18H26N2S/c1-6-11-19-17(18-20-13(4)14(5)21-18)16-9-7-15(8-10-16)12(2)3/h7-10,12,17,19H,6,11H2,1-5H3. The number of aromatic nitrogens is 1. The predicted octanol–water partition coefficient (Wildman–Crippen LogP) is 4.97. The first-order valence-electron chi connectivity index (χ1n) is 7.80. The monoisotopic (exact) mass is 302 g/mol. The molecule has 21 heavy (non-hydrogen) atoms. The Morgan fingerprint density at radius 3 is 2.19 bits per heavy atom. The Morgan fingerprint density at radius 1 is 1.10 bits per heavy atom. The number of hydrogen-bond acceptors (Lipinski definition) is 3. The van der Waals surface area contributed by atoms with Crippen LogP contribution in [0.25, 0.3) is 0 Å². The lowest BCUT2D eigenvalue weighted by Gasteiger charge is -2.17. The normalized spacial score (nSPS) is 12.9. The summed E-state index contributed by atoms with van der Waals surface area (Å²) in [6.07, 6.45) is 1.13. The molecule has 2 aromatic rings. The van der Waals surface area contributed by atoms with Gasteiger partial charge in [0.05, 0.1) is 11.7 Å². The minimum absolute atomic E-state index is 0.212. The maximum atomic E-state index is 4.75. The van der Waals surface area contributed by atoms with Crippen LogP contribution in [-0.2, 0) is 0 Å². The Kier molecular flexibility index (Phi) is 5.54. The zero-order valence-corrected chi connectivity index (χ0v) is 14.6. The number of rotatable bonds is 6. The van der Waals surface area contributed by atoms with E-state index in [-0.39, 0.29) is 6.04 Å². The van der Waals surface area contributed by atoms with E-state index in [2.05, 4.69) is 64.2 Å². The fraction of sp³-hybridized carbons (Fsp3) is 0.500. The second kappa shape index (κ2) is 7.19. The Morgan fingerprint density at radius 2 is 1.71 bits per heavy atom. The Balaban J connectivity index is 2.30. The average Bonchev–Trinajstić information content (AvgIpc) is 2.79. The van der Waals surface area contributed by atoms with Crippen LogP contribution in [0.15, 0.2) is 24.3 Å². The van der Waals surface area contributed by atoms with E-state index in [0.29, 0.717) is 5.92 Å². The van der Waals surface area contributed by atoms with Crippen molar-refractivity contribution in [3.63, 3.8) is 0 Å². The highest BCUT2D eigenvalue weighted by Gasteiger charge is 2.18. The summed E-state index contributed by atoms with van der Waals surface area (Å²) in [6.45, 7) is 11.9. The lowest BCUT2D eigenvalue weighted by Crippen LogP contribution is -2.23. The van der Waals surface area contributed by atoms with Gasteiger partial charge < -0.3 is 5.32 Å². The number of benzene rings is 1. The summed E-state index contributed by atoms with van der Waals surface area (Å²) in [4.78, 5) is 6.07. The maximum Gasteiger partial charge on any atom is 0.115 e. The van der Waals surface area contributed by atoms with Crippen LogP contribution in [0.3, 0.4) is 0 Å². The third kappa shape index (κ3) is 3.92. The van der Waals surface area contributed by atoms with Gasteiger partial charge in [0.2, 0.25) is 0 Å². The summed E-state index contributed by atoms with van der Waals surface area (Å²) in [5, 5.41) is 4.82. The van der Waals surface area contributed by atoms with Gasteiger partial charge in [-0.15, -0.1) is 11.3 Å². The van der Waals surface area contributed by atoms with Crippen LogP contribution in [0.5, 0.6) is 0 Å². The number of aryl methyl sites for hydroxylation is 2. The first-order valence-corrected chi connectivity index (χ1v) is 8.61. The van der Waals surface area contributed by atoms with Crippen molar-refractivity contribution in [1.29, 1.82) is 0 Å². The molecule has 2 rings (SSSR count). The second-order valence-corrected chi connectivity index (χ2v) is 7.14. The van der Waals surface area contributed by atoms with E-state index in [1.807, 2.05) is 0 Å². The summed E-state index contributed by atoms with van der Waals surface area (Å²) in [6, 6.07) is 9.19. The first-order chi connectivity index (χ1) is 10.0. The molecule has 0 amide bonds. The molecule has 1 aromatic carbocycles. The maximum absolute atomic E-state index is 4.75. The SMILES string of the molecule is CCCNC(c1ccc(C(C)C)cc1)c1nc(C)c(C)s1. The summed E-state index contributed by atoms with van der Waals surface area (Å²) < 4.78 is 0. The van der Waals surface area contributed by atoms with E-state index in [1.165, 1.54) is 21.0 Å². The highest BCUT2D eigenvalue weighted by Crippen LogP contribution is 2.29. The average molecular weight is 302 g/mol. The fourth-order valence-electron chi connectivity index (χ4n) is 2.33. The molecule has 1 atom stereocenters. The van der Waals surface area contributed by atoms with Crippen LogP contribution in [0, 0.1) is 13.8 Å². The largest absolute Gasteiger partial charge is 0.304 e. The van der Waals surface area contributed by atoms with E-state index >= 15 is 0 Å². The molecule has 0 saturated heterocycles. The van der Waals surface area contributed by atoms with Gasteiger partial charge in [-0.05, 0) is 43.9 Å². The molecule has 0 saturated carbocycles. The van der Waals surface area contributed by atoms with Crippen molar-refractivity contribution in [3.8, 4) is 0 Å². The van der Waals surface area contributed by atoms with Gasteiger partial charge in [0.25, 0.3) is 0 Å². The molecule has 0 aliphatic rings. The van der Waals surface area contributed by atoms with Crippen LogP contribution in [-0.4, -0.2) is 11.5 Å². The molecule has 3 heteroatoms. The van der Waals surface area contributed by atoms with Crippen LogP contribution >= 0.6 is 11.3 Å². The lowest BCUT2D eigenvalue weighted by atomic mass is 9.99. The smallest absolute Gasteiger partial charge is 0.115 e. The van der Waals surface area contributed by atoms with Crippen molar-refractivity contribution in [2.75, 3.05) is 6.54 Å². The van der Waals surface area contributed by atoms with Gasteiger partial charge in [-0.25, -0.2) is 4.98 Å². The minimum Gasteiger partial charge on any atom is -0.304 e. The van der Waals surface area contributed by atoms with Crippen molar-refractivity contribution in [2.24, 2.45) is 0 Å². The number of thiazole rings is 1. The first kappa shape index (κ1) is 16.2. The highest BCUT2D eigenvalue weighted by atomic mass is 32.1. The predicted molar refractivity (Wildman–Crippen MR) is 92.3 cm³/mol. The molecule has 1 unspecified atom stereocenters. The van der Waals surface area contributed by atoms with Crippen LogP contribution in [0.2, 0.25) is 0 Å². The molecule has 0 fully saturated rings. The van der Waals surface area contributed by atoms with Crippen molar-refractivity contribution < 1.29 is 0 Å². The van der Waals surface area contributed by atoms with Crippen LogP contribution in [0.1, 0.15) is 65.9 Å². The van der Waals surface area contributed by atoms with Gasteiger partial charge in [0.15, 0.2) is 0 Å². The Bertz CT molecular complexity index is 550. The van der Waals surface area contributed by atoms with E-state index in [0.717, 1.165) is 18.7 Å². The zero-order chi connectivity index (χ0) is 15.4. The third-order valence-corrected chi connectivity index (χ3v) is 4.96. The summed E-state index contributed by atoms with van der Waals surface area (Å²) in [5.41, 5.74) is 3.85. The molecular formula is C18H26N2S. The van der Waals surface area contributed by atoms with Crippen molar-refractivity contribution in [3.05, 3.63) is 51.0 Å². The number of nitrogens with one attached hydrogen (secondary N) is 1. The Hall–Kier alpha value is -1.19. The molecule has 0 radical (unpaired) electrons. The van der Waals surface area contributed by atoms with Crippen molar-refractivity contribution in [2.45, 2.75) is 53.0 Å². The molecule has 1 aromatic heterocycles. The molecule has 0 aliphatic heterocycles. The van der Waals surface area contributed by atoms with E-state index in [9.17, 15) is 0 Å². The van der Waals surface area contributed by atoms with Crippen LogP contribution < -0.4 is 5.32 Å². The molecule has 1 N–H and O–H groups in total. The fourth-order valence-corrected chi connectivity index (χ4v) is 3.36. The molecule has 114 valence electrons. The van der Waals surface area contributed by atoms with Crippen molar-refractivity contribution in [1.82, 2.24) is 10.3 Å². The minimum atomic E-state index is 0.212. The molecule has 0 spiro atoms. The highest BCUT2D eigenvalue weighted by molar-refractivity contribution is 7.11. The quantitative estimate of drug-likeness (QED) is 0.814. The van der Waals surface area contributed by atoms with Gasteiger partial charge in [-0.3, -0.25) is 0 Å². The molecule has 1 heterocycles. The molecule has 2 nitrogen and oxygen atoms in total. The van der Waals surface area contributed by atoms with Gasteiger partial charge >= 0.3 is 0 Å². The van der Waals surface area contributed by atoms with E-state index in [4.69, 9.17) is 4.98 Å². The van der Waals surface area contributed by atoms with E-state index < -0.39 is 0 Å². The number of hydrogen-bond donors (Lipinski definition) is 1. The van der Waals surface area contributed by atoms with Crippen LogP contribution in [0.4, 0.5) is 0 Å². The summed E-state index contributed by atoms with van der Waals surface area (Å²) in [7, 11) is 0. The van der Waals surface area contributed by atoms with Gasteiger partial charge in [-0.1, -0.05) is 45.0 Å². The lowest BCUT2D eigenvalue weighted by molar-refractivity contribution is 0.595. The second-order valence-electron chi connectivity index (χ2n) is 5.90. The molecular weight excluding hydrogens is 276 g/mol. The molecule has 0 bridgehead atoms. The van der Waals surface area contributed by atoms with Gasteiger partial charge in [0.1, 0.15) is 5.01 Å². The van der Waals surface area contributed by atoms with Gasteiger partial charge in [-0.2, -0.15) is 0 Å². The van der Waals surface area contributed by atoms with E-state index in [1.54, 1.807) is 11.3 Å². The number of nitrogens with zero attached hydrogens (tertiary/aromatic N) is 1. The van der Waals surface area contributed by atoms with Crippen molar-refractivity contribution >= 4 is 11.3 Å². The van der Waals surface area contributed by atoms with Gasteiger partial charge in [0, 0.05) is 4.88 Å². The molecule has 0 aliphatic carbocycles. The topological polar surface area (TPSA) is 24.9 Å². The zero-order valence-electron chi connectivity index (χ0n) is 13.7. The summed E-state index contributed by atoms with van der Waals surface area (Å²) in [5.74, 6) is 0.574. The summed E-state index contributed by atoms with van der Waals surface area (Å²) >= 11 is 1.80.